The first kappa shape index (κ1) is 27.2. The number of aryl methyl sites for hydroxylation is 1. The van der Waals surface area contributed by atoms with Gasteiger partial charge in [0, 0.05) is 30.4 Å². The number of ether oxygens (including phenoxy) is 2. The van der Waals surface area contributed by atoms with E-state index in [2.05, 4.69) is 10.6 Å². The Bertz CT molecular complexity index is 1390. The number of carbonyl (C=O) groups excluding carboxylic acids is 2. The molecule has 3 rings (SSSR count). The summed E-state index contributed by atoms with van der Waals surface area (Å²) in [7, 11) is 2.87. The van der Waals surface area contributed by atoms with Crippen LogP contribution in [0.3, 0.4) is 0 Å². The lowest BCUT2D eigenvalue weighted by atomic mass is 9.97. The summed E-state index contributed by atoms with van der Waals surface area (Å²) < 4.78 is 39.6. The maximum absolute atomic E-state index is 14.5. The Hall–Kier alpha value is -4.41. The van der Waals surface area contributed by atoms with Crippen molar-refractivity contribution in [1.82, 2.24) is 9.88 Å². The molecule has 0 fully saturated rings. The highest BCUT2D eigenvalue weighted by Gasteiger charge is 2.23. The number of benzene rings is 2. The normalized spacial score (nSPS) is 11.5. The van der Waals surface area contributed by atoms with Crippen molar-refractivity contribution in [3.63, 3.8) is 0 Å². The van der Waals surface area contributed by atoms with Crippen LogP contribution in [0, 0.1) is 18.6 Å². The average molecular weight is 516 g/mol. The van der Waals surface area contributed by atoms with Crippen LogP contribution in [0.5, 0.6) is 11.5 Å². The number of rotatable bonds is 8. The molecule has 3 N–H and O–H groups in total. The molecule has 196 valence electrons. The molecule has 9 nitrogen and oxygen atoms in total. The number of hydrogen-bond acceptors (Lipinski definition) is 6. The van der Waals surface area contributed by atoms with Gasteiger partial charge in [-0.2, -0.15) is 0 Å². The monoisotopic (exact) mass is 515 g/mol. The molecular formula is C26H27F2N3O6. The molecule has 0 saturated carbocycles. The fourth-order valence-corrected chi connectivity index (χ4v) is 3.69. The number of esters is 1. The molecule has 0 radical (unpaired) electrons. The van der Waals surface area contributed by atoms with Gasteiger partial charge >= 0.3 is 12.0 Å². The summed E-state index contributed by atoms with van der Waals surface area (Å²) in [5.74, 6) is -2.31. The minimum atomic E-state index is -1.01. The SMILES string of the molecule is CCOC(=O)C[C@H](NC(=O)Nc1c(O)cc(C)n(C)c1=O)c1cc(OC)cc(-c2ccc(F)cc2F)c1. The van der Waals surface area contributed by atoms with Gasteiger partial charge in [-0.25, -0.2) is 13.6 Å². The van der Waals surface area contributed by atoms with Crippen LogP contribution in [0.4, 0.5) is 19.3 Å². The molecule has 0 spiro atoms. The van der Waals surface area contributed by atoms with Crippen molar-refractivity contribution in [3.8, 4) is 22.6 Å². The van der Waals surface area contributed by atoms with Crippen LogP contribution in [0.25, 0.3) is 11.1 Å². The Kier molecular flexibility index (Phi) is 8.49. The topological polar surface area (TPSA) is 119 Å². The second-order valence-electron chi connectivity index (χ2n) is 8.19. The predicted molar refractivity (Wildman–Crippen MR) is 133 cm³/mol. The van der Waals surface area contributed by atoms with Crippen LogP contribution in [0.1, 0.15) is 30.6 Å². The highest BCUT2D eigenvalue weighted by Crippen LogP contribution is 2.32. The number of nitrogens with one attached hydrogen (secondary N) is 2. The van der Waals surface area contributed by atoms with E-state index in [1.165, 1.54) is 49.1 Å². The van der Waals surface area contributed by atoms with Gasteiger partial charge in [0.2, 0.25) is 0 Å². The minimum absolute atomic E-state index is 0.0777. The van der Waals surface area contributed by atoms with E-state index in [1.807, 2.05) is 0 Å². The first-order valence-corrected chi connectivity index (χ1v) is 11.3. The lowest BCUT2D eigenvalue weighted by Crippen LogP contribution is -2.36. The molecule has 11 heteroatoms. The van der Waals surface area contributed by atoms with E-state index >= 15 is 0 Å². The maximum atomic E-state index is 14.5. The zero-order valence-electron chi connectivity index (χ0n) is 20.7. The molecule has 2 aromatic carbocycles. The van der Waals surface area contributed by atoms with Crippen molar-refractivity contribution in [2.75, 3.05) is 19.0 Å². The first-order chi connectivity index (χ1) is 17.5. The number of urea groups is 1. The summed E-state index contributed by atoms with van der Waals surface area (Å²) in [4.78, 5) is 37.7. The van der Waals surface area contributed by atoms with Gasteiger partial charge in [0.25, 0.3) is 5.56 Å². The second-order valence-corrected chi connectivity index (χ2v) is 8.19. The zero-order valence-corrected chi connectivity index (χ0v) is 20.7. The Balaban J connectivity index is 2.00. The van der Waals surface area contributed by atoms with Crippen molar-refractivity contribution in [2.45, 2.75) is 26.3 Å². The second kappa shape index (κ2) is 11.5. The molecule has 3 aromatic rings. The van der Waals surface area contributed by atoms with E-state index < -0.39 is 41.0 Å². The van der Waals surface area contributed by atoms with Crippen LogP contribution in [0.2, 0.25) is 0 Å². The van der Waals surface area contributed by atoms with Gasteiger partial charge < -0.3 is 29.8 Å². The number of nitrogens with zero attached hydrogens (tertiary/aromatic N) is 1. The summed E-state index contributed by atoms with van der Waals surface area (Å²) in [5, 5.41) is 15.1. The molecule has 1 aromatic heterocycles. The van der Waals surface area contributed by atoms with Crippen LogP contribution in [-0.4, -0.2) is 35.4 Å². The molecule has 2 amide bonds. The van der Waals surface area contributed by atoms with Crippen molar-refractivity contribution in [3.05, 3.63) is 75.7 Å². The molecule has 0 saturated heterocycles. The summed E-state index contributed by atoms with van der Waals surface area (Å²) in [6.07, 6.45) is -0.308. The molecule has 1 atom stereocenters. The fraction of sp³-hybridized carbons (Fsp3) is 0.269. The molecule has 1 heterocycles. The van der Waals surface area contributed by atoms with Crippen molar-refractivity contribution in [2.24, 2.45) is 7.05 Å². The van der Waals surface area contributed by atoms with E-state index in [1.54, 1.807) is 13.8 Å². The number of pyridine rings is 1. The Morgan fingerprint density at radius 3 is 2.51 bits per heavy atom. The van der Waals surface area contributed by atoms with E-state index in [9.17, 15) is 28.3 Å². The molecule has 0 aliphatic carbocycles. The Morgan fingerprint density at radius 2 is 1.86 bits per heavy atom. The van der Waals surface area contributed by atoms with Crippen molar-refractivity contribution < 1.29 is 33.0 Å². The first-order valence-electron chi connectivity index (χ1n) is 11.3. The van der Waals surface area contributed by atoms with Gasteiger partial charge in [-0.1, -0.05) is 0 Å². The molecule has 37 heavy (non-hydrogen) atoms. The van der Waals surface area contributed by atoms with Gasteiger partial charge in [0.05, 0.1) is 26.2 Å². The Morgan fingerprint density at radius 1 is 1.14 bits per heavy atom. The standard InChI is InChI=1S/C26H27F2N3O6/c1-5-37-23(33)13-21(29-26(35)30-24-22(32)8-14(2)31(3)25(24)34)16-9-15(10-18(11-16)36-4)19-7-6-17(27)12-20(19)28/h6-12,21,32H,5,13H2,1-4H3,(H2,29,30,35)/t21-/m0/s1. The third-order valence-corrected chi connectivity index (χ3v) is 5.68. The molecule has 0 aliphatic rings. The fourth-order valence-electron chi connectivity index (χ4n) is 3.69. The molecule has 0 unspecified atom stereocenters. The number of aromatic hydroxyl groups is 1. The number of hydrogen-bond donors (Lipinski definition) is 3. The van der Waals surface area contributed by atoms with Crippen molar-refractivity contribution >= 4 is 17.7 Å². The number of halogens is 2. The van der Waals surface area contributed by atoms with Crippen LogP contribution < -0.4 is 20.9 Å². The number of anilines is 1. The lowest BCUT2D eigenvalue weighted by molar-refractivity contribution is -0.143. The van der Waals surface area contributed by atoms with E-state index in [0.29, 0.717) is 16.8 Å². The summed E-state index contributed by atoms with van der Waals surface area (Å²) in [5.41, 5.74) is 0.236. The zero-order chi connectivity index (χ0) is 27.3. The van der Waals surface area contributed by atoms with Crippen LogP contribution in [0.15, 0.2) is 47.3 Å². The molecular weight excluding hydrogens is 488 g/mol. The number of carbonyl (C=O) groups is 2. The van der Waals surface area contributed by atoms with Crippen LogP contribution >= 0.6 is 0 Å². The summed E-state index contributed by atoms with van der Waals surface area (Å²) in [6, 6.07) is 7.12. The summed E-state index contributed by atoms with van der Waals surface area (Å²) in [6.45, 7) is 3.35. The molecule has 0 aliphatic heterocycles. The number of aromatic nitrogens is 1. The quantitative estimate of drug-likeness (QED) is 0.388. The van der Waals surface area contributed by atoms with E-state index in [-0.39, 0.29) is 30.0 Å². The van der Waals surface area contributed by atoms with Gasteiger partial charge in [0.15, 0.2) is 5.69 Å². The highest BCUT2D eigenvalue weighted by molar-refractivity contribution is 5.91. The van der Waals surface area contributed by atoms with Crippen molar-refractivity contribution in [1.29, 1.82) is 0 Å². The average Bonchev–Trinajstić information content (AvgIpc) is 2.84. The summed E-state index contributed by atoms with van der Waals surface area (Å²) >= 11 is 0. The molecule has 0 bridgehead atoms. The largest absolute Gasteiger partial charge is 0.505 e. The Labute approximate surface area is 211 Å². The smallest absolute Gasteiger partial charge is 0.319 e. The van der Waals surface area contributed by atoms with Gasteiger partial charge in [0.1, 0.15) is 23.1 Å². The minimum Gasteiger partial charge on any atom is -0.505 e. The number of methoxy groups -OCH3 is 1. The van der Waals surface area contributed by atoms with Gasteiger partial charge in [-0.15, -0.1) is 0 Å². The van der Waals surface area contributed by atoms with Crippen LogP contribution in [-0.2, 0) is 16.6 Å². The predicted octanol–water partition coefficient (Wildman–Crippen LogP) is 4.17. The van der Waals surface area contributed by atoms with Gasteiger partial charge in [-0.05, 0) is 55.3 Å². The lowest BCUT2D eigenvalue weighted by Gasteiger charge is -2.21. The third-order valence-electron chi connectivity index (χ3n) is 5.68. The van der Waals surface area contributed by atoms with Gasteiger partial charge in [-0.3, -0.25) is 9.59 Å². The van der Waals surface area contributed by atoms with E-state index in [4.69, 9.17) is 9.47 Å². The van der Waals surface area contributed by atoms with E-state index in [0.717, 1.165) is 12.1 Å². The number of amides is 2. The third kappa shape index (κ3) is 6.43. The maximum Gasteiger partial charge on any atom is 0.319 e. The highest BCUT2D eigenvalue weighted by atomic mass is 19.1.